The van der Waals surface area contributed by atoms with E-state index in [-0.39, 0.29) is 23.7 Å². The Balaban J connectivity index is 1.91. The number of hydrogen-bond donors (Lipinski definition) is 2. The van der Waals surface area contributed by atoms with E-state index in [9.17, 15) is 14.7 Å². The van der Waals surface area contributed by atoms with Crippen molar-refractivity contribution in [3.8, 4) is 0 Å². The van der Waals surface area contributed by atoms with Crippen molar-refractivity contribution in [1.82, 2.24) is 10.2 Å². The minimum Gasteiger partial charge on any atom is -0.393 e. The molecule has 1 fully saturated rings. The highest BCUT2D eigenvalue weighted by Gasteiger charge is 2.29. The van der Waals surface area contributed by atoms with Gasteiger partial charge < -0.3 is 15.3 Å². The maximum absolute atomic E-state index is 12.3. The molecule has 2 rings (SSSR count). The highest BCUT2D eigenvalue weighted by molar-refractivity contribution is 5.81. The zero-order valence-corrected chi connectivity index (χ0v) is 13.9. The molecule has 3 atom stereocenters. The monoisotopic (exact) mass is 318 g/mol. The third kappa shape index (κ3) is 5.06. The van der Waals surface area contributed by atoms with Crippen LogP contribution in [0.5, 0.6) is 0 Å². The van der Waals surface area contributed by atoms with Gasteiger partial charge in [-0.3, -0.25) is 9.59 Å². The Morgan fingerprint density at radius 3 is 2.61 bits per heavy atom. The zero-order chi connectivity index (χ0) is 16.8. The summed E-state index contributed by atoms with van der Waals surface area (Å²) in [7, 11) is 0. The molecule has 126 valence electrons. The van der Waals surface area contributed by atoms with Crippen molar-refractivity contribution >= 4 is 11.8 Å². The summed E-state index contributed by atoms with van der Waals surface area (Å²) in [6, 6.07) is 9.93. The van der Waals surface area contributed by atoms with Crippen molar-refractivity contribution in [3.63, 3.8) is 0 Å². The van der Waals surface area contributed by atoms with Crippen LogP contribution in [-0.4, -0.2) is 47.6 Å². The molecule has 2 amide bonds. The minimum atomic E-state index is -0.420. The van der Waals surface area contributed by atoms with Crippen molar-refractivity contribution in [2.75, 3.05) is 19.6 Å². The number of benzene rings is 1. The first kappa shape index (κ1) is 17.5. The molecule has 1 aliphatic heterocycles. The van der Waals surface area contributed by atoms with Crippen LogP contribution in [0.3, 0.4) is 0 Å². The van der Waals surface area contributed by atoms with Crippen molar-refractivity contribution in [1.29, 1.82) is 0 Å². The van der Waals surface area contributed by atoms with Crippen molar-refractivity contribution in [2.24, 2.45) is 5.92 Å². The van der Waals surface area contributed by atoms with Crippen LogP contribution in [0, 0.1) is 5.92 Å². The van der Waals surface area contributed by atoms with E-state index in [0.717, 1.165) is 12.0 Å². The van der Waals surface area contributed by atoms with Gasteiger partial charge in [-0.15, -0.1) is 0 Å². The summed E-state index contributed by atoms with van der Waals surface area (Å²) in [5.74, 6) is -0.0100. The number of aliphatic hydroxyl groups excluding tert-OH is 1. The van der Waals surface area contributed by atoms with E-state index in [1.807, 2.05) is 30.3 Å². The van der Waals surface area contributed by atoms with Crippen LogP contribution in [0.25, 0.3) is 0 Å². The Morgan fingerprint density at radius 1 is 1.35 bits per heavy atom. The molecular formula is C18H26N2O3. The van der Waals surface area contributed by atoms with Crippen molar-refractivity contribution in [3.05, 3.63) is 35.9 Å². The van der Waals surface area contributed by atoms with Gasteiger partial charge in [-0.1, -0.05) is 30.3 Å². The lowest BCUT2D eigenvalue weighted by atomic mass is 9.93. The van der Waals surface area contributed by atoms with Crippen molar-refractivity contribution in [2.45, 2.75) is 38.7 Å². The third-order valence-electron chi connectivity index (χ3n) is 4.42. The Labute approximate surface area is 137 Å². The van der Waals surface area contributed by atoms with Gasteiger partial charge >= 0.3 is 0 Å². The molecule has 1 aromatic carbocycles. The lowest BCUT2D eigenvalue weighted by molar-refractivity contribution is -0.128. The topological polar surface area (TPSA) is 69.6 Å². The quantitative estimate of drug-likeness (QED) is 0.835. The number of hydrogen-bond acceptors (Lipinski definition) is 3. The van der Waals surface area contributed by atoms with Gasteiger partial charge in [-0.05, 0) is 25.3 Å². The second-order valence-electron chi connectivity index (χ2n) is 6.39. The maximum Gasteiger partial charge on any atom is 0.224 e. The van der Waals surface area contributed by atoms with Gasteiger partial charge in [0.05, 0.1) is 12.0 Å². The van der Waals surface area contributed by atoms with E-state index in [2.05, 4.69) is 5.32 Å². The number of amides is 2. The van der Waals surface area contributed by atoms with Gasteiger partial charge in [0.1, 0.15) is 0 Å². The standard InChI is InChI=1S/C18H26N2O3/c1-13(21)10-17(15-6-4-3-5-7-15)11-19-18(23)16-8-9-20(12-16)14(2)22/h3-7,13,16-17,21H,8-12H2,1-2H3,(H,19,23). The van der Waals surface area contributed by atoms with E-state index in [0.29, 0.717) is 26.1 Å². The molecule has 1 aliphatic rings. The van der Waals surface area contributed by atoms with E-state index in [1.165, 1.54) is 6.92 Å². The lowest BCUT2D eigenvalue weighted by Gasteiger charge is -2.21. The first-order valence-electron chi connectivity index (χ1n) is 8.23. The molecular weight excluding hydrogens is 292 g/mol. The van der Waals surface area contributed by atoms with Gasteiger partial charge in [0.15, 0.2) is 0 Å². The summed E-state index contributed by atoms with van der Waals surface area (Å²) in [6.45, 7) is 4.97. The summed E-state index contributed by atoms with van der Waals surface area (Å²) in [6.07, 6.45) is 0.906. The summed E-state index contributed by atoms with van der Waals surface area (Å²) >= 11 is 0. The van der Waals surface area contributed by atoms with Crippen LogP contribution in [0.4, 0.5) is 0 Å². The highest BCUT2D eigenvalue weighted by atomic mass is 16.3. The Hall–Kier alpha value is -1.88. The predicted octanol–water partition coefficient (Wildman–Crippen LogP) is 1.53. The molecule has 0 aliphatic carbocycles. The van der Waals surface area contributed by atoms with Gasteiger partial charge in [0.25, 0.3) is 0 Å². The van der Waals surface area contributed by atoms with Gasteiger partial charge in [0, 0.05) is 32.5 Å². The fourth-order valence-corrected chi connectivity index (χ4v) is 3.10. The van der Waals surface area contributed by atoms with Crippen molar-refractivity contribution < 1.29 is 14.7 Å². The summed E-state index contributed by atoms with van der Waals surface area (Å²) in [5.41, 5.74) is 1.12. The molecule has 1 aromatic rings. The molecule has 0 saturated carbocycles. The highest BCUT2D eigenvalue weighted by Crippen LogP contribution is 2.21. The number of aliphatic hydroxyl groups is 1. The molecule has 2 N–H and O–H groups in total. The maximum atomic E-state index is 12.3. The zero-order valence-electron chi connectivity index (χ0n) is 13.9. The summed E-state index contributed by atoms with van der Waals surface area (Å²) in [4.78, 5) is 25.4. The fraction of sp³-hybridized carbons (Fsp3) is 0.556. The van der Waals surface area contributed by atoms with E-state index >= 15 is 0 Å². The molecule has 0 aromatic heterocycles. The molecule has 3 unspecified atom stereocenters. The lowest BCUT2D eigenvalue weighted by Crippen LogP contribution is -2.36. The van der Waals surface area contributed by atoms with Gasteiger partial charge in [0.2, 0.25) is 11.8 Å². The molecule has 23 heavy (non-hydrogen) atoms. The normalized spacial score (nSPS) is 20.1. The number of nitrogens with zero attached hydrogens (tertiary/aromatic N) is 1. The van der Waals surface area contributed by atoms with Gasteiger partial charge in [-0.25, -0.2) is 0 Å². The Kier molecular flexibility index (Phi) is 6.16. The third-order valence-corrected chi connectivity index (χ3v) is 4.42. The Bertz CT molecular complexity index is 530. The number of carbonyl (C=O) groups excluding carboxylic acids is 2. The average molecular weight is 318 g/mol. The Morgan fingerprint density at radius 2 is 2.04 bits per heavy atom. The number of nitrogens with one attached hydrogen (secondary N) is 1. The second-order valence-corrected chi connectivity index (χ2v) is 6.39. The fourth-order valence-electron chi connectivity index (χ4n) is 3.10. The van der Waals surface area contributed by atoms with Crippen LogP contribution < -0.4 is 5.32 Å². The molecule has 0 bridgehead atoms. The van der Waals surface area contributed by atoms with Crippen LogP contribution in [0.1, 0.15) is 38.2 Å². The van der Waals surface area contributed by atoms with E-state index in [4.69, 9.17) is 0 Å². The predicted molar refractivity (Wildman–Crippen MR) is 88.9 cm³/mol. The summed E-state index contributed by atoms with van der Waals surface area (Å²) < 4.78 is 0. The number of carbonyl (C=O) groups is 2. The first-order chi connectivity index (χ1) is 11.0. The SMILES string of the molecule is CC(=O)N1CCC(C(=O)NCC(CC(C)O)c2ccccc2)C1. The minimum absolute atomic E-state index is 0.000254. The van der Waals surface area contributed by atoms with Crippen LogP contribution in [0.15, 0.2) is 30.3 Å². The molecule has 0 spiro atoms. The van der Waals surface area contributed by atoms with E-state index in [1.54, 1.807) is 11.8 Å². The smallest absolute Gasteiger partial charge is 0.224 e. The number of likely N-dealkylation sites (tertiary alicyclic amines) is 1. The first-order valence-corrected chi connectivity index (χ1v) is 8.23. The average Bonchev–Trinajstić information content (AvgIpc) is 3.02. The molecule has 5 nitrogen and oxygen atoms in total. The van der Waals surface area contributed by atoms with Crippen LogP contribution in [-0.2, 0) is 9.59 Å². The molecule has 5 heteroatoms. The van der Waals surface area contributed by atoms with Gasteiger partial charge in [-0.2, -0.15) is 0 Å². The van der Waals surface area contributed by atoms with Crippen LogP contribution in [0.2, 0.25) is 0 Å². The molecule has 0 radical (unpaired) electrons. The largest absolute Gasteiger partial charge is 0.393 e. The number of rotatable bonds is 6. The summed E-state index contributed by atoms with van der Waals surface area (Å²) in [5, 5.41) is 12.7. The second kappa shape index (κ2) is 8.11. The van der Waals surface area contributed by atoms with E-state index < -0.39 is 6.10 Å². The molecule has 1 heterocycles. The molecule has 1 saturated heterocycles. The van der Waals surface area contributed by atoms with Crippen LogP contribution >= 0.6 is 0 Å².